The van der Waals surface area contributed by atoms with Crippen LogP contribution in [0.4, 0.5) is 13.2 Å². The maximum Gasteiger partial charge on any atom is 0.441 e. The maximum atomic E-state index is 12.0. The molecular formula is C14H18F3NO2S. The summed E-state index contributed by atoms with van der Waals surface area (Å²) < 4.78 is 46.7. The number of benzene rings is 1. The third-order valence-electron chi connectivity index (χ3n) is 3.01. The van der Waals surface area contributed by atoms with Crippen molar-refractivity contribution in [2.24, 2.45) is 0 Å². The molecule has 1 saturated carbocycles. The van der Waals surface area contributed by atoms with E-state index >= 15 is 0 Å². The highest BCUT2D eigenvalue weighted by Crippen LogP contribution is 2.31. The second-order valence-electron chi connectivity index (χ2n) is 4.78. The Morgan fingerprint density at radius 3 is 2.67 bits per heavy atom. The molecule has 1 aliphatic rings. The summed E-state index contributed by atoms with van der Waals surface area (Å²) in [6.45, 7) is 0.711. The Labute approximate surface area is 126 Å². The number of methoxy groups -OCH3 is 1. The smallest absolute Gasteiger partial charge is 0.441 e. The van der Waals surface area contributed by atoms with E-state index in [1.54, 1.807) is 6.07 Å². The molecule has 0 saturated heterocycles. The van der Waals surface area contributed by atoms with Crippen LogP contribution in [0.25, 0.3) is 0 Å². The van der Waals surface area contributed by atoms with Gasteiger partial charge in [-0.1, -0.05) is 6.07 Å². The van der Waals surface area contributed by atoms with Gasteiger partial charge in [0, 0.05) is 18.3 Å². The molecule has 0 unspecified atom stereocenters. The fraction of sp³-hybridized carbons (Fsp3) is 0.571. The second kappa shape index (κ2) is 7.26. The summed E-state index contributed by atoms with van der Waals surface area (Å²) in [5.74, 6) is 0.870. The second-order valence-corrected chi connectivity index (χ2v) is 5.94. The topological polar surface area (TPSA) is 30.5 Å². The van der Waals surface area contributed by atoms with Crippen molar-refractivity contribution in [2.75, 3.05) is 19.5 Å². The summed E-state index contributed by atoms with van der Waals surface area (Å²) in [6.07, 6.45) is 2.41. The zero-order valence-electron chi connectivity index (χ0n) is 11.7. The van der Waals surface area contributed by atoms with Gasteiger partial charge in [0.2, 0.25) is 0 Å². The van der Waals surface area contributed by atoms with Crippen molar-refractivity contribution < 1.29 is 22.6 Å². The molecule has 0 radical (unpaired) electrons. The molecule has 118 valence electrons. The summed E-state index contributed by atoms with van der Waals surface area (Å²) in [5, 5.41) is 3.38. The number of halogens is 3. The molecule has 1 fully saturated rings. The van der Waals surface area contributed by atoms with Crippen LogP contribution in [0.1, 0.15) is 18.4 Å². The van der Waals surface area contributed by atoms with E-state index in [0.29, 0.717) is 17.5 Å². The summed E-state index contributed by atoms with van der Waals surface area (Å²) in [4.78, 5) is 0. The first-order chi connectivity index (χ1) is 9.98. The minimum Gasteiger partial charge on any atom is -0.493 e. The largest absolute Gasteiger partial charge is 0.493 e. The first-order valence-electron chi connectivity index (χ1n) is 6.72. The number of nitrogens with one attached hydrogen (secondary N) is 1. The van der Waals surface area contributed by atoms with E-state index in [4.69, 9.17) is 9.47 Å². The van der Waals surface area contributed by atoms with Crippen LogP contribution in [0.5, 0.6) is 11.5 Å². The van der Waals surface area contributed by atoms with Gasteiger partial charge in [0.25, 0.3) is 0 Å². The predicted molar refractivity (Wildman–Crippen MR) is 76.9 cm³/mol. The SMILES string of the molecule is COc1ccc(CNC2CC2)cc1OCCSC(F)(F)F. The molecule has 0 bridgehead atoms. The fourth-order valence-corrected chi connectivity index (χ4v) is 2.20. The summed E-state index contributed by atoms with van der Waals surface area (Å²) in [5.41, 5.74) is -3.19. The molecule has 0 aromatic heterocycles. The minimum atomic E-state index is -4.22. The predicted octanol–water partition coefficient (Wildman–Crippen LogP) is 3.58. The van der Waals surface area contributed by atoms with E-state index in [2.05, 4.69) is 5.32 Å². The number of ether oxygens (including phenoxy) is 2. The van der Waals surface area contributed by atoms with Crippen LogP contribution in [-0.4, -0.2) is 31.0 Å². The van der Waals surface area contributed by atoms with Gasteiger partial charge in [0.1, 0.15) is 0 Å². The maximum absolute atomic E-state index is 12.0. The fourth-order valence-electron chi connectivity index (χ4n) is 1.80. The lowest BCUT2D eigenvalue weighted by molar-refractivity contribution is -0.0329. The monoisotopic (exact) mass is 321 g/mol. The number of hydrogen-bond donors (Lipinski definition) is 1. The Balaban J connectivity index is 1.86. The van der Waals surface area contributed by atoms with Gasteiger partial charge in [-0.3, -0.25) is 0 Å². The normalized spacial score (nSPS) is 15.0. The summed E-state index contributed by atoms with van der Waals surface area (Å²) in [6, 6.07) is 6.10. The molecule has 0 atom stereocenters. The molecular weight excluding hydrogens is 303 g/mol. The molecule has 0 heterocycles. The lowest BCUT2D eigenvalue weighted by atomic mass is 10.2. The van der Waals surface area contributed by atoms with Gasteiger partial charge < -0.3 is 14.8 Å². The number of thioether (sulfide) groups is 1. The zero-order chi connectivity index (χ0) is 15.3. The van der Waals surface area contributed by atoms with Gasteiger partial charge in [0.05, 0.1) is 13.7 Å². The van der Waals surface area contributed by atoms with Gasteiger partial charge >= 0.3 is 5.51 Å². The molecule has 0 amide bonds. The highest BCUT2D eigenvalue weighted by molar-refractivity contribution is 8.00. The van der Waals surface area contributed by atoms with Crippen molar-refractivity contribution in [2.45, 2.75) is 30.9 Å². The van der Waals surface area contributed by atoms with Crippen LogP contribution in [0, 0.1) is 0 Å². The molecule has 3 nitrogen and oxygen atoms in total. The highest BCUT2D eigenvalue weighted by Gasteiger charge is 2.27. The third kappa shape index (κ3) is 6.05. The molecule has 2 rings (SSSR count). The van der Waals surface area contributed by atoms with Gasteiger partial charge in [-0.2, -0.15) is 13.2 Å². The standard InChI is InChI=1S/C14H18F3NO2S/c1-19-12-5-2-10(9-18-11-3-4-11)8-13(12)20-6-7-21-14(15,16)17/h2,5,8,11,18H,3-4,6-7,9H2,1H3. The van der Waals surface area contributed by atoms with Crippen molar-refractivity contribution in [3.8, 4) is 11.5 Å². The van der Waals surface area contributed by atoms with Crippen LogP contribution in [0.3, 0.4) is 0 Å². The van der Waals surface area contributed by atoms with E-state index in [9.17, 15) is 13.2 Å². The van der Waals surface area contributed by atoms with Crippen molar-refractivity contribution in [3.05, 3.63) is 23.8 Å². The lowest BCUT2D eigenvalue weighted by Crippen LogP contribution is -2.15. The van der Waals surface area contributed by atoms with Crippen LogP contribution in [0.15, 0.2) is 18.2 Å². The molecule has 1 aliphatic carbocycles. The van der Waals surface area contributed by atoms with Crippen LogP contribution < -0.4 is 14.8 Å². The third-order valence-corrected chi connectivity index (χ3v) is 3.70. The molecule has 1 aromatic rings. The number of rotatable bonds is 8. The van der Waals surface area contributed by atoms with Crippen molar-refractivity contribution >= 4 is 11.8 Å². The summed E-state index contributed by atoms with van der Waals surface area (Å²) in [7, 11) is 1.51. The number of alkyl halides is 3. The molecule has 7 heteroatoms. The van der Waals surface area contributed by atoms with Crippen molar-refractivity contribution in [1.29, 1.82) is 0 Å². The molecule has 1 N–H and O–H groups in total. The molecule has 1 aromatic carbocycles. The van der Waals surface area contributed by atoms with E-state index < -0.39 is 5.51 Å². The van der Waals surface area contributed by atoms with E-state index in [1.165, 1.54) is 20.0 Å². The van der Waals surface area contributed by atoms with E-state index in [-0.39, 0.29) is 24.1 Å². The Morgan fingerprint density at radius 1 is 1.29 bits per heavy atom. The first kappa shape index (κ1) is 16.3. The Hall–Kier alpha value is -1.08. The quantitative estimate of drug-likeness (QED) is 0.742. The highest BCUT2D eigenvalue weighted by atomic mass is 32.2. The Bertz CT molecular complexity index is 464. The Kier molecular flexibility index (Phi) is 5.64. The van der Waals surface area contributed by atoms with Crippen molar-refractivity contribution in [1.82, 2.24) is 5.32 Å². The minimum absolute atomic E-state index is 0.0138. The lowest BCUT2D eigenvalue weighted by Gasteiger charge is -2.13. The van der Waals surface area contributed by atoms with Gasteiger partial charge in [0.15, 0.2) is 11.5 Å². The van der Waals surface area contributed by atoms with Crippen LogP contribution >= 0.6 is 11.8 Å². The summed E-state index contributed by atoms with van der Waals surface area (Å²) >= 11 is -0.0853. The van der Waals surface area contributed by atoms with Crippen molar-refractivity contribution in [3.63, 3.8) is 0 Å². The van der Waals surface area contributed by atoms with Gasteiger partial charge in [-0.25, -0.2) is 0 Å². The van der Waals surface area contributed by atoms with E-state index in [0.717, 1.165) is 12.1 Å². The van der Waals surface area contributed by atoms with Crippen LogP contribution in [-0.2, 0) is 6.54 Å². The molecule has 0 spiro atoms. The van der Waals surface area contributed by atoms with Gasteiger partial charge in [-0.15, -0.1) is 0 Å². The van der Waals surface area contributed by atoms with Gasteiger partial charge in [-0.05, 0) is 42.3 Å². The van der Waals surface area contributed by atoms with E-state index in [1.807, 2.05) is 12.1 Å². The van der Waals surface area contributed by atoms with Crippen LogP contribution in [0.2, 0.25) is 0 Å². The first-order valence-corrected chi connectivity index (χ1v) is 7.70. The molecule has 21 heavy (non-hydrogen) atoms. The molecule has 0 aliphatic heterocycles. The average molecular weight is 321 g/mol. The number of hydrogen-bond acceptors (Lipinski definition) is 4. The average Bonchev–Trinajstić information content (AvgIpc) is 3.24. The zero-order valence-corrected chi connectivity index (χ0v) is 12.5. The Morgan fingerprint density at radius 2 is 2.05 bits per heavy atom.